The number of pyridine rings is 1. The van der Waals surface area contributed by atoms with Gasteiger partial charge in [-0.15, -0.1) is 6.58 Å². The van der Waals surface area contributed by atoms with Crippen LogP contribution in [0.15, 0.2) is 103 Å². The number of allylic oxidation sites excluding steroid dienone is 11. The maximum Gasteiger partial charge on any atom is 0.131 e. The molecule has 2 unspecified atom stereocenters. The molecule has 1 N–H and O–H groups in total. The molecule has 1 aliphatic heterocycles. The summed E-state index contributed by atoms with van der Waals surface area (Å²) in [6.45, 7) is 8.35. The standard InChI is InChI=1S/C36H43FN2/c1-3-28(2)11-9-15-31(33-20-21-34(39-27-33)26-30-13-10-23-38-24-22-30)19-18-29-12-5-4-6-14-32(25-29)35-16-7-8-17-36(35)37/h3,5,7-9,12,14-17,19-21,25,27-28,30,38H,1,4,6,10-11,13,18,22-24,26H2,2H3. The zero-order valence-electron chi connectivity index (χ0n) is 23.4. The Bertz CT molecular complexity index is 1220. The Morgan fingerprint density at radius 3 is 2.87 bits per heavy atom. The summed E-state index contributed by atoms with van der Waals surface area (Å²) < 4.78 is 14.6. The van der Waals surface area contributed by atoms with Gasteiger partial charge in [-0.1, -0.05) is 79.8 Å². The number of rotatable bonds is 10. The smallest absolute Gasteiger partial charge is 0.131 e. The van der Waals surface area contributed by atoms with Crippen LogP contribution in [0.5, 0.6) is 0 Å². The van der Waals surface area contributed by atoms with Gasteiger partial charge in [0.2, 0.25) is 0 Å². The lowest BCUT2D eigenvalue weighted by Crippen LogP contribution is -2.14. The van der Waals surface area contributed by atoms with Crippen LogP contribution in [-0.2, 0) is 6.42 Å². The zero-order chi connectivity index (χ0) is 27.3. The summed E-state index contributed by atoms with van der Waals surface area (Å²) in [6.07, 6.45) is 27.8. The molecule has 2 aromatic rings. The molecule has 39 heavy (non-hydrogen) atoms. The van der Waals surface area contributed by atoms with Crippen LogP contribution in [-0.4, -0.2) is 18.1 Å². The van der Waals surface area contributed by atoms with E-state index >= 15 is 0 Å². The molecule has 1 aliphatic carbocycles. The average Bonchev–Trinajstić information content (AvgIpc) is 3.21. The topological polar surface area (TPSA) is 24.9 Å². The lowest BCUT2D eigenvalue weighted by molar-refractivity contribution is 0.465. The van der Waals surface area contributed by atoms with Crippen LogP contribution in [0.1, 0.15) is 68.7 Å². The highest BCUT2D eigenvalue weighted by Gasteiger charge is 2.13. The first-order valence-corrected chi connectivity index (χ1v) is 14.6. The van der Waals surface area contributed by atoms with Crippen molar-refractivity contribution in [2.75, 3.05) is 13.1 Å². The van der Waals surface area contributed by atoms with E-state index in [1.165, 1.54) is 36.6 Å². The highest BCUT2D eigenvalue weighted by Crippen LogP contribution is 2.27. The van der Waals surface area contributed by atoms with E-state index in [9.17, 15) is 4.39 Å². The molecule has 204 valence electrons. The molecule has 1 aromatic carbocycles. The summed E-state index contributed by atoms with van der Waals surface area (Å²) in [5, 5.41) is 3.51. The third-order valence-electron chi connectivity index (χ3n) is 7.67. The van der Waals surface area contributed by atoms with Gasteiger partial charge in [0.1, 0.15) is 5.82 Å². The van der Waals surface area contributed by atoms with Gasteiger partial charge in [0.05, 0.1) is 0 Å². The minimum atomic E-state index is -0.175. The van der Waals surface area contributed by atoms with Crippen LogP contribution in [0.2, 0.25) is 0 Å². The van der Waals surface area contributed by atoms with Gasteiger partial charge in [-0.2, -0.15) is 0 Å². The molecule has 3 heteroatoms. The Kier molecular flexibility index (Phi) is 11.3. The molecule has 0 radical (unpaired) electrons. The molecule has 0 bridgehead atoms. The van der Waals surface area contributed by atoms with Crippen molar-refractivity contribution in [1.82, 2.24) is 10.3 Å². The van der Waals surface area contributed by atoms with Crippen molar-refractivity contribution < 1.29 is 4.39 Å². The first kappa shape index (κ1) is 28.7. The van der Waals surface area contributed by atoms with E-state index in [-0.39, 0.29) is 5.82 Å². The number of benzene rings is 1. The molecule has 1 saturated heterocycles. The number of hydrogen-bond acceptors (Lipinski definition) is 2. The van der Waals surface area contributed by atoms with Crippen molar-refractivity contribution in [2.24, 2.45) is 11.8 Å². The predicted molar refractivity (Wildman–Crippen MR) is 165 cm³/mol. The van der Waals surface area contributed by atoms with Crippen molar-refractivity contribution in [3.05, 3.63) is 126 Å². The zero-order valence-corrected chi connectivity index (χ0v) is 23.4. The highest BCUT2D eigenvalue weighted by atomic mass is 19.1. The number of halogens is 1. The van der Waals surface area contributed by atoms with Crippen molar-refractivity contribution in [3.8, 4) is 0 Å². The summed E-state index contributed by atoms with van der Waals surface area (Å²) in [4.78, 5) is 4.88. The molecular weight excluding hydrogens is 479 g/mol. The van der Waals surface area contributed by atoms with E-state index in [1.807, 2.05) is 24.4 Å². The fourth-order valence-electron chi connectivity index (χ4n) is 5.21. The first-order valence-electron chi connectivity index (χ1n) is 14.6. The SMILES string of the molecule is C=CC(C)CC=CC(=CCC1=CC(c2ccccc2F)=CCCC=C1)c1ccc(CC2CCCNCC2)nc1. The summed E-state index contributed by atoms with van der Waals surface area (Å²) in [6, 6.07) is 11.5. The van der Waals surface area contributed by atoms with E-state index < -0.39 is 0 Å². The maximum absolute atomic E-state index is 14.6. The molecule has 2 aliphatic rings. The van der Waals surface area contributed by atoms with Crippen LogP contribution < -0.4 is 5.32 Å². The van der Waals surface area contributed by atoms with Crippen molar-refractivity contribution in [1.29, 1.82) is 0 Å². The molecule has 0 spiro atoms. The Labute approximate surface area is 234 Å². The van der Waals surface area contributed by atoms with E-state index in [4.69, 9.17) is 4.98 Å². The fourth-order valence-corrected chi connectivity index (χ4v) is 5.21. The molecule has 2 atom stereocenters. The molecule has 2 heterocycles. The highest BCUT2D eigenvalue weighted by molar-refractivity contribution is 5.77. The van der Waals surface area contributed by atoms with Crippen molar-refractivity contribution in [3.63, 3.8) is 0 Å². The van der Waals surface area contributed by atoms with Gasteiger partial charge in [-0.25, -0.2) is 4.39 Å². The first-order chi connectivity index (χ1) is 19.1. The van der Waals surface area contributed by atoms with Crippen LogP contribution in [0.3, 0.4) is 0 Å². The number of nitrogens with zero attached hydrogens (tertiary/aromatic N) is 1. The van der Waals surface area contributed by atoms with Gasteiger partial charge in [0.15, 0.2) is 0 Å². The van der Waals surface area contributed by atoms with Gasteiger partial charge in [0, 0.05) is 17.5 Å². The number of nitrogens with one attached hydrogen (secondary N) is 1. The summed E-state index contributed by atoms with van der Waals surface area (Å²) in [5.74, 6) is 0.968. The van der Waals surface area contributed by atoms with Gasteiger partial charge >= 0.3 is 0 Å². The Balaban J connectivity index is 1.56. The Hall–Kier alpha value is -3.30. The van der Waals surface area contributed by atoms with Gasteiger partial charge < -0.3 is 5.32 Å². The predicted octanol–water partition coefficient (Wildman–Crippen LogP) is 9.05. The second kappa shape index (κ2) is 15.3. The van der Waals surface area contributed by atoms with Crippen molar-refractivity contribution >= 4 is 11.1 Å². The van der Waals surface area contributed by atoms with Crippen LogP contribution >= 0.6 is 0 Å². The van der Waals surface area contributed by atoms with Gasteiger partial charge in [-0.3, -0.25) is 4.98 Å². The van der Waals surface area contributed by atoms with E-state index in [0.29, 0.717) is 17.4 Å². The van der Waals surface area contributed by atoms with Crippen molar-refractivity contribution in [2.45, 2.75) is 58.3 Å². The Morgan fingerprint density at radius 2 is 2.05 bits per heavy atom. The number of aromatic nitrogens is 1. The largest absolute Gasteiger partial charge is 0.317 e. The molecule has 1 aromatic heterocycles. The average molecular weight is 523 g/mol. The summed E-state index contributed by atoms with van der Waals surface area (Å²) in [5.41, 5.74) is 6.26. The van der Waals surface area contributed by atoms with Crippen LogP contribution in [0, 0.1) is 17.7 Å². The van der Waals surface area contributed by atoms with E-state index in [1.54, 1.807) is 6.07 Å². The number of hydrogen-bond donors (Lipinski definition) is 1. The molecule has 0 saturated carbocycles. The third kappa shape index (κ3) is 9.14. The Morgan fingerprint density at radius 1 is 1.15 bits per heavy atom. The van der Waals surface area contributed by atoms with E-state index in [2.05, 4.69) is 73.5 Å². The molecular formula is C36H43FN2. The fraction of sp³-hybridized carbons (Fsp3) is 0.361. The normalized spacial score (nSPS) is 19.5. The monoisotopic (exact) mass is 522 g/mol. The lowest BCUT2D eigenvalue weighted by atomic mass is 9.94. The lowest BCUT2D eigenvalue weighted by Gasteiger charge is -2.13. The summed E-state index contributed by atoms with van der Waals surface area (Å²) in [7, 11) is 0. The van der Waals surface area contributed by atoms with Crippen LogP contribution in [0.25, 0.3) is 11.1 Å². The molecule has 4 rings (SSSR count). The molecule has 1 fully saturated rings. The second-order valence-electron chi connectivity index (χ2n) is 10.8. The second-order valence-corrected chi connectivity index (χ2v) is 10.8. The maximum atomic E-state index is 14.6. The minimum Gasteiger partial charge on any atom is -0.317 e. The minimum absolute atomic E-state index is 0.175. The van der Waals surface area contributed by atoms with E-state index in [0.717, 1.165) is 61.9 Å². The van der Waals surface area contributed by atoms with Crippen LogP contribution in [0.4, 0.5) is 4.39 Å². The third-order valence-corrected chi connectivity index (χ3v) is 7.67. The van der Waals surface area contributed by atoms with Gasteiger partial charge in [-0.05, 0) is 111 Å². The van der Waals surface area contributed by atoms with Gasteiger partial charge in [0.25, 0.3) is 0 Å². The summed E-state index contributed by atoms with van der Waals surface area (Å²) >= 11 is 0. The molecule has 2 nitrogen and oxygen atoms in total. The quantitative estimate of drug-likeness (QED) is 0.249. The molecule has 0 amide bonds.